The number of fused-ring (bicyclic) bond motifs is 1. The number of amides is 2. The zero-order chi connectivity index (χ0) is 28.1. The van der Waals surface area contributed by atoms with Crippen molar-refractivity contribution in [2.75, 3.05) is 39.4 Å². The number of methoxy groups -OCH3 is 3. The van der Waals surface area contributed by atoms with Gasteiger partial charge in [-0.15, -0.1) is 0 Å². The van der Waals surface area contributed by atoms with Gasteiger partial charge in [-0.3, -0.25) is 14.5 Å². The van der Waals surface area contributed by atoms with Crippen molar-refractivity contribution in [1.82, 2.24) is 5.32 Å². The van der Waals surface area contributed by atoms with Crippen LogP contribution in [0.4, 0.5) is 5.69 Å². The van der Waals surface area contributed by atoms with E-state index < -0.39 is 11.9 Å². The Kier molecular flexibility index (Phi) is 8.33. The summed E-state index contributed by atoms with van der Waals surface area (Å²) in [6, 6.07) is 10.6. The molecule has 0 spiro atoms. The van der Waals surface area contributed by atoms with E-state index in [0.717, 1.165) is 32.1 Å². The van der Waals surface area contributed by atoms with E-state index in [4.69, 9.17) is 28.1 Å². The van der Waals surface area contributed by atoms with Crippen LogP contribution in [0.5, 0.6) is 28.7 Å². The van der Waals surface area contributed by atoms with Crippen molar-refractivity contribution < 1.29 is 37.7 Å². The van der Waals surface area contributed by atoms with Gasteiger partial charge in [0.15, 0.2) is 28.8 Å². The number of ether oxygens (including phenoxy) is 5. The fourth-order valence-corrected chi connectivity index (χ4v) is 5.29. The lowest BCUT2D eigenvalue weighted by Crippen LogP contribution is -2.47. The molecule has 1 N–H and O–H groups in total. The van der Waals surface area contributed by atoms with Gasteiger partial charge in [0.05, 0.1) is 27.6 Å². The third kappa shape index (κ3) is 5.52. The molecule has 2 heterocycles. The van der Waals surface area contributed by atoms with Gasteiger partial charge in [0, 0.05) is 17.8 Å². The number of nitrogens with zero attached hydrogens (tertiary/aromatic N) is 1. The molecule has 0 bridgehead atoms. The van der Waals surface area contributed by atoms with E-state index in [0.29, 0.717) is 53.2 Å². The summed E-state index contributed by atoms with van der Waals surface area (Å²) in [6.45, 7) is 0.806. The molecule has 1 aliphatic heterocycles. The zero-order valence-corrected chi connectivity index (χ0v) is 22.9. The monoisotopic (exact) mass is 550 g/mol. The Labute approximate surface area is 233 Å². The number of carbonyl (C=O) groups excluding carboxylic acids is 2. The normalized spacial score (nSPS) is 15.6. The molecule has 0 radical (unpaired) electrons. The van der Waals surface area contributed by atoms with Crippen molar-refractivity contribution in [1.29, 1.82) is 0 Å². The molecule has 1 aromatic heterocycles. The summed E-state index contributed by atoms with van der Waals surface area (Å²) in [5.74, 6) is 1.39. The van der Waals surface area contributed by atoms with Gasteiger partial charge in [-0.2, -0.15) is 0 Å². The number of rotatable bonds is 9. The maximum Gasteiger partial charge on any atom is 0.294 e. The van der Waals surface area contributed by atoms with Crippen LogP contribution in [0.3, 0.4) is 0 Å². The predicted molar refractivity (Wildman–Crippen MR) is 147 cm³/mol. The fourth-order valence-electron chi connectivity index (χ4n) is 5.29. The maximum atomic E-state index is 14.2. The standard InChI is InChI=1S/C30H34N2O8/c1-35-25-16-19(17-26(36-2)28(25)37-3)27(29(33)31-20-8-5-4-6-9-20)32(30(34)23-10-7-13-38-23)21-11-12-22-24(18-21)40-15-14-39-22/h7,10-13,16-18,20,27H,4-6,8-9,14-15H2,1-3H3,(H,31,33)/t27-/m0/s1. The summed E-state index contributed by atoms with van der Waals surface area (Å²) < 4.78 is 33.7. The Morgan fingerprint density at radius 2 is 1.60 bits per heavy atom. The SMILES string of the molecule is COc1cc([C@@H](C(=O)NC2CCCCC2)N(C(=O)c2ccco2)c2ccc3c(c2)OCCO3)cc(OC)c1OC. The zero-order valence-electron chi connectivity index (χ0n) is 22.9. The molecule has 2 amide bonds. The molecule has 0 saturated heterocycles. The van der Waals surface area contributed by atoms with E-state index in [-0.39, 0.29) is 17.7 Å². The van der Waals surface area contributed by atoms with Crippen LogP contribution in [0.15, 0.2) is 53.1 Å². The second kappa shape index (κ2) is 12.2. The number of hydrogen-bond donors (Lipinski definition) is 1. The highest BCUT2D eigenvalue weighted by Crippen LogP contribution is 2.43. The lowest BCUT2D eigenvalue weighted by atomic mass is 9.94. The van der Waals surface area contributed by atoms with E-state index in [2.05, 4.69) is 5.32 Å². The molecular weight excluding hydrogens is 516 g/mol. The third-order valence-electron chi connectivity index (χ3n) is 7.22. The van der Waals surface area contributed by atoms with Gasteiger partial charge in [0.1, 0.15) is 19.3 Å². The first kappa shape index (κ1) is 27.2. The van der Waals surface area contributed by atoms with Gasteiger partial charge in [0.25, 0.3) is 5.91 Å². The Hall–Kier alpha value is -4.34. The summed E-state index contributed by atoms with van der Waals surface area (Å²) in [7, 11) is 4.52. The van der Waals surface area contributed by atoms with E-state index >= 15 is 0 Å². The van der Waals surface area contributed by atoms with Gasteiger partial charge in [-0.25, -0.2) is 0 Å². The highest BCUT2D eigenvalue weighted by molar-refractivity contribution is 6.09. The van der Waals surface area contributed by atoms with Crippen molar-refractivity contribution in [2.24, 2.45) is 0 Å². The number of furan rings is 1. The highest BCUT2D eigenvalue weighted by atomic mass is 16.6. The first-order valence-electron chi connectivity index (χ1n) is 13.4. The van der Waals surface area contributed by atoms with Crippen LogP contribution in [-0.2, 0) is 4.79 Å². The van der Waals surface area contributed by atoms with Crippen LogP contribution in [0.1, 0.15) is 54.3 Å². The molecular formula is C30H34N2O8. The van der Waals surface area contributed by atoms with E-state index in [1.54, 1.807) is 42.5 Å². The fraction of sp³-hybridized carbons (Fsp3) is 0.400. The van der Waals surface area contributed by atoms with Crippen LogP contribution in [0.25, 0.3) is 0 Å². The minimum atomic E-state index is -1.12. The molecule has 1 fully saturated rings. The van der Waals surface area contributed by atoms with Crippen LogP contribution < -0.4 is 33.9 Å². The minimum absolute atomic E-state index is 0.00613. The minimum Gasteiger partial charge on any atom is -0.493 e. The molecule has 1 saturated carbocycles. The molecule has 5 rings (SSSR count). The highest BCUT2D eigenvalue weighted by Gasteiger charge is 2.37. The van der Waals surface area contributed by atoms with Gasteiger partial charge in [0.2, 0.25) is 11.7 Å². The van der Waals surface area contributed by atoms with Gasteiger partial charge >= 0.3 is 0 Å². The largest absolute Gasteiger partial charge is 0.493 e. The molecule has 2 aromatic carbocycles. The van der Waals surface area contributed by atoms with E-state index in [9.17, 15) is 9.59 Å². The molecule has 212 valence electrons. The number of nitrogens with one attached hydrogen (secondary N) is 1. The predicted octanol–water partition coefficient (Wildman–Crippen LogP) is 4.91. The lowest BCUT2D eigenvalue weighted by molar-refractivity contribution is -0.123. The van der Waals surface area contributed by atoms with Crippen molar-refractivity contribution in [3.8, 4) is 28.7 Å². The molecule has 0 unspecified atom stereocenters. The summed E-state index contributed by atoms with van der Waals surface area (Å²) in [5.41, 5.74) is 0.904. The number of anilines is 1. The molecule has 2 aliphatic rings. The maximum absolute atomic E-state index is 14.2. The van der Waals surface area contributed by atoms with Gasteiger partial charge < -0.3 is 33.4 Å². The van der Waals surface area contributed by atoms with Crippen molar-refractivity contribution in [2.45, 2.75) is 44.2 Å². The van der Waals surface area contributed by atoms with E-state index in [1.165, 1.54) is 32.5 Å². The summed E-state index contributed by atoms with van der Waals surface area (Å²) in [4.78, 5) is 29.8. The number of benzene rings is 2. The van der Waals surface area contributed by atoms with Gasteiger partial charge in [-0.05, 0) is 54.8 Å². The smallest absolute Gasteiger partial charge is 0.294 e. The average Bonchev–Trinajstić information content (AvgIpc) is 3.54. The molecule has 1 atom stereocenters. The molecule has 1 aliphatic carbocycles. The molecule has 10 nitrogen and oxygen atoms in total. The Morgan fingerprint density at radius 1 is 0.900 bits per heavy atom. The summed E-state index contributed by atoms with van der Waals surface area (Å²) in [5, 5.41) is 3.20. The Morgan fingerprint density at radius 3 is 2.23 bits per heavy atom. The van der Waals surface area contributed by atoms with Crippen LogP contribution in [0.2, 0.25) is 0 Å². The molecule has 3 aromatic rings. The average molecular weight is 551 g/mol. The third-order valence-corrected chi connectivity index (χ3v) is 7.22. The van der Waals surface area contributed by atoms with Crippen LogP contribution >= 0.6 is 0 Å². The quantitative estimate of drug-likeness (QED) is 0.400. The number of hydrogen-bond acceptors (Lipinski definition) is 8. The summed E-state index contributed by atoms with van der Waals surface area (Å²) >= 11 is 0. The Balaban J connectivity index is 1.67. The van der Waals surface area contributed by atoms with Gasteiger partial charge in [-0.1, -0.05) is 19.3 Å². The summed E-state index contributed by atoms with van der Waals surface area (Å²) in [6.07, 6.45) is 6.40. The lowest BCUT2D eigenvalue weighted by Gasteiger charge is -2.34. The second-order valence-corrected chi connectivity index (χ2v) is 9.69. The Bertz CT molecular complexity index is 1310. The van der Waals surface area contributed by atoms with E-state index in [1.807, 2.05) is 0 Å². The first-order valence-corrected chi connectivity index (χ1v) is 13.4. The number of carbonyl (C=O) groups is 2. The van der Waals surface area contributed by atoms with Crippen molar-refractivity contribution in [3.05, 3.63) is 60.1 Å². The molecule has 10 heteroatoms. The topological polar surface area (TPSA) is 109 Å². The first-order chi connectivity index (χ1) is 19.5. The van der Waals surface area contributed by atoms with Crippen LogP contribution in [0, 0.1) is 0 Å². The molecule has 40 heavy (non-hydrogen) atoms. The van der Waals surface area contributed by atoms with Crippen molar-refractivity contribution >= 4 is 17.5 Å². The second-order valence-electron chi connectivity index (χ2n) is 9.69. The van der Waals surface area contributed by atoms with Crippen molar-refractivity contribution in [3.63, 3.8) is 0 Å². The van der Waals surface area contributed by atoms with Crippen LogP contribution in [-0.4, -0.2) is 52.4 Å².